The van der Waals surface area contributed by atoms with Crippen LogP contribution in [0, 0.1) is 5.92 Å². The summed E-state index contributed by atoms with van der Waals surface area (Å²) in [5.41, 5.74) is 0. The van der Waals surface area contributed by atoms with Crippen LogP contribution in [-0.4, -0.2) is 11.2 Å². The fourth-order valence-corrected chi connectivity index (χ4v) is 0. The molecule has 0 aliphatic carbocycles. The molecule has 7 heavy (non-hydrogen) atoms. The average molecular weight is 125 g/mol. The van der Waals surface area contributed by atoms with Crippen molar-refractivity contribution in [3.63, 3.8) is 0 Å². The quantitative estimate of drug-likeness (QED) is 0.561. The van der Waals surface area contributed by atoms with Crippen molar-refractivity contribution in [1.82, 2.24) is 0 Å². The van der Waals surface area contributed by atoms with Gasteiger partial charge in [0, 0.05) is 0 Å². The van der Waals surface area contributed by atoms with Crippen molar-refractivity contribution in [2.75, 3.05) is 0 Å². The minimum absolute atomic E-state index is 0. The van der Waals surface area contributed by atoms with E-state index in [-0.39, 0.29) is 18.5 Å². The molecule has 0 heterocycles. The summed E-state index contributed by atoms with van der Waals surface area (Å²) in [7, 11) is 0. The second-order valence-corrected chi connectivity index (χ2v) is 1.98. The van der Waals surface area contributed by atoms with E-state index in [0.29, 0.717) is 5.92 Å². The van der Waals surface area contributed by atoms with Gasteiger partial charge in [0.2, 0.25) is 0 Å². The van der Waals surface area contributed by atoms with Crippen LogP contribution >= 0.6 is 12.4 Å². The van der Waals surface area contributed by atoms with E-state index < -0.39 is 0 Å². The Kier molecular flexibility index (Phi) is 6.47. The zero-order chi connectivity index (χ0) is 5.15. The zero-order valence-electron chi connectivity index (χ0n) is 5.01. The molecule has 1 atom stereocenters. The molecule has 0 aromatic carbocycles. The van der Waals surface area contributed by atoms with Crippen molar-refractivity contribution in [3.05, 3.63) is 0 Å². The lowest BCUT2D eigenvalue weighted by molar-refractivity contribution is 0.144. The van der Waals surface area contributed by atoms with Crippen LogP contribution in [-0.2, 0) is 0 Å². The van der Waals surface area contributed by atoms with Gasteiger partial charge in [-0.1, -0.05) is 13.8 Å². The van der Waals surface area contributed by atoms with E-state index in [1.54, 1.807) is 6.92 Å². The molecule has 0 aliphatic heterocycles. The summed E-state index contributed by atoms with van der Waals surface area (Å²) < 4.78 is 0. The minimum Gasteiger partial charge on any atom is -0.393 e. The molecule has 1 N–H and O–H groups in total. The van der Waals surface area contributed by atoms with Gasteiger partial charge < -0.3 is 5.11 Å². The van der Waals surface area contributed by atoms with Crippen molar-refractivity contribution < 1.29 is 5.11 Å². The molecule has 46 valence electrons. The van der Waals surface area contributed by atoms with Gasteiger partial charge in [-0.2, -0.15) is 0 Å². The van der Waals surface area contributed by atoms with Crippen LogP contribution < -0.4 is 0 Å². The van der Waals surface area contributed by atoms with Crippen LogP contribution in [0.5, 0.6) is 0 Å². The number of rotatable bonds is 1. The van der Waals surface area contributed by atoms with Gasteiger partial charge in [0.05, 0.1) is 6.10 Å². The third-order valence-corrected chi connectivity index (χ3v) is 0.965. The van der Waals surface area contributed by atoms with E-state index >= 15 is 0 Å². The molecule has 2 heteroatoms. The Morgan fingerprint density at radius 1 is 1.14 bits per heavy atom. The van der Waals surface area contributed by atoms with Gasteiger partial charge in [0.1, 0.15) is 0 Å². The Labute approximate surface area is 51.1 Å². The Morgan fingerprint density at radius 3 is 1.29 bits per heavy atom. The van der Waals surface area contributed by atoms with Gasteiger partial charge in [0.15, 0.2) is 0 Å². The third-order valence-electron chi connectivity index (χ3n) is 0.965. The molecule has 0 amide bonds. The lowest BCUT2D eigenvalue weighted by Crippen LogP contribution is -2.07. The summed E-state index contributed by atoms with van der Waals surface area (Å²) >= 11 is 0. The van der Waals surface area contributed by atoms with Gasteiger partial charge >= 0.3 is 0 Å². The number of aliphatic hydroxyl groups is 1. The molecule has 0 saturated carbocycles. The smallest absolute Gasteiger partial charge is 0.0535 e. The first-order valence-electron chi connectivity index (χ1n) is 2.32. The Hall–Kier alpha value is 0.250. The molecule has 0 aromatic heterocycles. The summed E-state index contributed by atoms with van der Waals surface area (Å²) in [6.45, 7) is 5.78. The first-order valence-corrected chi connectivity index (χ1v) is 2.32. The van der Waals surface area contributed by atoms with Crippen LogP contribution in [0.1, 0.15) is 20.8 Å². The highest BCUT2D eigenvalue weighted by Crippen LogP contribution is 1.96. The largest absolute Gasteiger partial charge is 0.393 e. The van der Waals surface area contributed by atoms with Crippen LogP contribution in [0.2, 0.25) is 0 Å². The molecular weight excluding hydrogens is 112 g/mol. The predicted octanol–water partition coefficient (Wildman–Crippen LogP) is 1.44. The molecule has 0 aliphatic rings. The van der Waals surface area contributed by atoms with Gasteiger partial charge in [-0.05, 0) is 12.8 Å². The van der Waals surface area contributed by atoms with E-state index in [1.807, 2.05) is 13.8 Å². The maximum atomic E-state index is 8.63. The second-order valence-electron chi connectivity index (χ2n) is 1.98. The maximum absolute atomic E-state index is 8.63. The normalized spacial score (nSPS) is 13.3. The number of aliphatic hydroxyl groups excluding tert-OH is 1. The third kappa shape index (κ3) is 6.25. The van der Waals surface area contributed by atoms with Crippen molar-refractivity contribution in [2.45, 2.75) is 26.9 Å². The lowest BCUT2D eigenvalue weighted by Gasteiger charge is -2.04. The van der Waals surface area contributed by atoms with Crippen LogP contribution in [0.25, 0.3) is 0 Å². The van der Waals surface area contributed by atoms with Gasteiger partial charge in [-0.15, -0.1) is 12.4 Å². The van der Waals surface area contributed by atoms with Gasteiger partial charge in [-0.25, -0.2) is 0 Å². The lowest BCUT2D eigenvalue weighted by atomic mass is 10.1. The maximum Gasteiger partial charge on any atom is 0.0535 e. The van der Waals surface area contributed by atoms with E-state index in [1.165, 1.54) is 0 Å². The molecule has 0 radical (unpaired) electrons. The Morgan fingerprint density at radius 2 is 1.29 bits per heavy atom. The van der Waals surface area contributed by atoms with Gasteiger partial charge in [0.25, 0.3) is 0 Å². The molecule has 0 bridgehead atoms. The number of hydrogen-bond acceptors (Lipinski definition) is 1. The van der Waals surface area contributed by atoms with Crippen LogP contribution in [0.3, 0.4) is 0 Å². The minimum atomic E-state index is -0.148. The molecule has 1 unspecified atom stereocenters. The Balaban J connectivity index is 0. The monoisotopic (exact) mass is 124 g/mol. The fourth-order valence-electron chi connectivity index (χ4n) is 0. The molecule has 0 aromatic rings. The average Bonchev–Trinajstić information content (AvgIpc) is 1.36. The molecule has 0 rings (SSSR count). The highest BCUT2D eigenvalue weighted by molar-refractivity contribution is 5.85. The molecule has 0 spiro atoms. The van der Waals surface area contributed by atoms with Crippen LogP contribution in [0.4, 0.5) is 0 Å². The van der Waals surface area contributed by atoms with Crippen molar-refractivity contribution in [1.29, 1.82) is 0 Å². The van der Waals surface area contributed by atoms with Crippen molar-refractivity contribution in [2.24, 2.45) is 5.92 Å². The molecule has 0 fully saturated rings. The Bertz CT molecular complexity index is 29.1. The van der Waals surface area contributed by atoms with E-state index in [0.717, 1.165) is 0 Å². The number of halogens is 1. The first-order chi connectivity index (χ1) is 2.64. The molecular formula is C5H13ClO. The SMILES string of the molecule is CC(C)C(C)O.Cl. The topological polar surface area (TPSA) is 20.2 Å². The zero-order valence-corrected chi connectivity index (χ0v) is 5.83. The molecule has 0 saturated heterocycles. The second kappa shape index (κ2) is 4.41. The van der Waals surface area contributed by atoms with Crippen molar-refractivity contribution >= 4 is 12.4 Å². The van der Waals surface area contributed by atoms with E-state index in [2.05, 4.69) is 0 Å². The summed E-state index contributed by atoms with van der Waals surface area (Å²) in [5.74, 6) is 0.407. The van der Waals surface area contributed by atoms with Crippen molar-refractivity contribution in [3.8, 4) is 0 Å². The summed E-state index contributed by atoms with van der Waals surface area (Å²) in [5, 5.41) is 8.63. The summed E-state index contributed by atoms with van der Waals surface area (Å²) in [6, 6.07) is 0. The highest BCUT2D eigenvalue weighted by Gasteiger charge is 1.97. The van der Waals surface area contributed by atoms with E-state index in [4.69, 9.17) is 5.11 Å². The fraction of sp³-hybridized carbons (Fsp3) is 1.00. The standard InChI is InChI=1S/C5H12O.ClH/c1-4(2)5(3)6;/h4-6H,1-3H3;1H. The van der Waals surface area contributed by atoms with Gasteiger partial charge in [-0.3, -0.25) is 0 Å². The van der Waals surface area contributed by atoms with E-state index in [9.17, 15) is 0 Å². The van der Waals surface area contributed by atoms with Crippen LogP contribution in [0.15, 0.2) is 0 Å². The summed E-state index contributed by atoms with van der Waals surface area (Å²) in [4.78, 5) is 0. The summed E-state index contributed by atoms with van der Waals surface area (Å²) in [6.07, 6.45) is -0.148. The number of hydrogen-bond donors (Lipinski definition) is 1. The molecule has 1 nitrogen and oxygen atoms in total. The predicted molar refractivity (Wildman–Crippen MR) is 33.8 cm³/mol. The highest BCUT2D eigenvalue weighted by atomic mass is 35.5. The first kappa shape index (κ1) is 10.3.